The van der Waals surface area contributed by atoms with Gasteiger partial charge in [-0.05, 0) is 46.7 Å². The van der Waals surface area contributed by atoms with E-state index in [0.29, 0.717) is 16.3 Å². The Labute approximate surface area is 128 Å². The summed E-state index contributed by atoms with van der Waals surface area (Å²) in [5, 5.41) is 0. The number of nitrogens with one attached hydrogen (secondary N) is 1. The van der Waals surface area contributed by atoms with Crippen LogP contribution in [0.15, 0.2) is 21.6 Å². The summed E-state index contributed by atoms with van der Waals surface area (Å²) in [6, 6.07) is 1.46. The number of rotatable bonds is 4. The Morgan fingerprint density at radius 1 is 1.50 bits per heavy atom. The summed E-state index contributed by atoms with van der Waals surface area (Å²) in [5.74, 6) is 0.954. The Hall–Kier alpha value is -0.660. The van der Waals surface area contributed by atoms with Crippen LogP contribution in [0.25, 0.3) is 0 Å². The zero-order valence-corrected chi connectivity index (χ0v) is 14.0. The van der Waals surface area contributed by atoms with Crippen LogP contribution in [-0.2, 0) is 10.0 Å². The number of nitrogens with zero attached hydrogens (tertiary/aromatic N) is 1. The molecule has 0 amide bonds. The summed E-state index contributed by atoms with van der Waals surface area (Å²) in [6.45, 7) is 4.26. The highest BCUT2D eigenvalue weighted by molar-refractivity contribution is 9.10. The average molecular weight is 362 g/mol. The first-order chi connectivity index (χ1) is 9.35. The molecule has 1 aromatic rings. The van der Waals surface area contributed by atoms with Gasteiger partial charge in [0.15, 0.2) is 0 Å². The lowest BCUT2D eigenvalue weighted by molar-refractivity contribution is 0.368. The third-order valence-electron chi connectivity index (χ3n) is 4.20. The fraction of sp³-hybridized carbons (Fsp3) is 0.615. The van der Waals surface area contributed by atoms with Crippen molar-refractivity contribution in [3.05, 3.63) is 16.7 Å². The molecule has 112 valence electrons. The average Bonchev–Trinajstić information content (AvgIpc) is 2.73. The van der Waals surface area contributed by atoms with Crippen LogP contribution in [0.1, 0.15) is 33.1 Å². The summed E-state index contributed by atoms with van der Waals surface area (Å²) in [4.78, 5) is 3.92. The number of aromatic nitrogens is 1. The molecule has 7 heteroatoms. The van der Waals surface area contributed by atoms with Crippen molar-refractivity contribution in [1.29, 1.82) is 0 Å². The van der Waals surface area contributed by atoms with Gasteiger partial charge in [0.25, 0.3) is 0 Å². The van der Waals surface area contributed by atoms with Crippen LogP contribution in [0.5, 0.6) is 0 Å². The van der Waals surface area contributed by atoms with Gasteiger partial charge in [-0.2, -0.15) is 0 Å². The molecular weight excluding hydrogens is 342 g/mol. The van der Waals surface area contributed by atoms with Crippen LogP contribution in [0.4, 0.5) is 5.82 Å². The highest BCUT2D eigenvalue weighted by Crippen LogP contribution is 2.35. The lowest BCUT2D eigenvalue weighted by atomic mass is 9.94. The molecule has 1 aliphatic rings. The van der Waals surface area contributed by atoms with Gasteiger partial charge in [0.05, 0.1) is 0 Å². The molecule has 0 aliphatic heterocycles. The van der Waals surface area contributed by atoms with Crippen LogP contribution < -0.4 is 10.5 Å². The SMILES string of the molecule is CCC1CCC(NS(=O)(=O)c2cc(Br)cnc2N)C1C. The normalized spacial score (nSPS) is 26.9. The molecule has 0 saturated heterocycles. The molecule has 5 nitrogen and oxygen atoms in total. The molecule has 0 aromatic carbocycles. The summed E-state index contributed by atoms with van der Waals surface area (Å²) >= 11 is 3.22. The number of hydrogen-bond acceptors (Lipinski definition) is 4. The van der Waals surface area contributed by atoms with Gasteiger partial charge in [-0.1, -0.05) is 20.3 Å². The zero-order valence-electron chi connectivity index (χ0n) is 11.6. The molecule has 2 rings (SSSR count). The minimum Gasteiger partial charge on any atom is -0.383 e. The predicted octanol–water partition coefficient (Wildman–Crippen LogP) is 2.53. The fourth-order valence-electron chi connectivity index (χ4n) is 2.90. The highest BCUT2D eigenvalue weighted by atomic mass is 79.9. The van der Waals surface area contributed by atoms with E-state index in [1.807, 2.05) is 0 Å². The van der Waals surface area contributed by atoms with E-state index >= 15 is 0 Å². The van der Waals surface area contributed by atoms with E-state index in [1.165, 1.54) is 12.3 Å². The van der Waals surface area contributed by atoms with Crippen molar-refractivity contribution >= 4 is 31.8 Å². The van der Waals surface area contributed by atoms with Gasteiger partial charge in [0, 0.05) is 16.7 Å². The van der Waals surface area contributed by atoms with E-state index < -0.39 is 10.0 Å². The summed E-state index contributed by atoms with van der Waals surface area (Å²) in [7, 11) is -3.63. The Morgan fingerprint density at radius 2 is 2.20 bits per heavy atom. The molecule has 3 unspecified atom stereocenters. The van der Waals surface area contributed by atoms with E-state index in [4.69, 9.17) is 5.73 Å². The molecule has 0 spiro atoms. The third kappa shape index (κ3) is 3.15. The lowest BCUT2D eigenvalue weighted by Gasteiger charge is -2.21. The van der Waals surface area contributed by atoms with Crippen molar-refractivity contribution in [3.8, 4) is 0 Å². The van der Waals surface area contributed by atoms with Crippen molar-refractivity contribution in [2.24, 2.45) is 11.8 Å². The molecule has 1 saturated carbocycles. The molecule has 1 fully saturated rings. The first-order valence-electron chi connectivity index (χ1n) is 6.78. The third-order valence-corrected chi connectivity index (χ3v) is 6.15. The van der Waals surface area contributed by atoms with Gasteiger partial charge in [-0.3, -0.25) is 0 Å². The number of hydrogen-bond donors (Lipinski definition) is 2. The highest BCUT2D eigenvalue weighted by Gasteiger charge is 2.35. The van der Waals surface area contributed by atoms with Crippen molar-refractivity contribution in [2.45, 2.75) is 44.0 Å². The van der Waals surface area contributed by atoms with Crippen molar-refractivity contribution in [1.82, 2.24) is 9.71 Å². The van der Waals surface area contributed by atoms with E-state index in [-0.39, 0.29) is 16.8 Å². The van der Waals surface area contributed by atoms with Crippen molar-refractivity contribution in [2.75, 3.05) is 5.73 Å². The number of sulfonamides is 1. The molecule has 20 heavy (non-hydrogen) atoms. The van der Waals surface area contributed by atoms with Gasteiger partial charge in [-0.15, -0.1) is 0 Å². The molecule has 0 radical (unpaired) electrons. The van der Waals surface area contributed by atoms with Crippen LogP contribution in [0.3, 0.4) is 0 Å². The Morgan fingerprint density at radius 3 is 2.80 bits per heavy atom. The van der Waals surface area contributed by atoms with Gasteiger partial charge in [-0.25, -0.2) is 18.1 Å². The minimum absolute atomic E-state index is 0.0247. The lowest BCUT2D eigenvalue weighted by Crippen LogP contribution is -2.37. The van der Waals surface area contributed by atoms with Crippen LogP contribution in [-0.4, -0.2) is 19.4 Å². The van der Waals surface area contributed by atoms with Gasteiger partial charge in [0.1, 0.15) is 10.7 Å². The van der Waals surface area contributed by atoms with Crippen LogP contribution in [0.2, 0.25) is 0 Å². The summed E-state index contributed by atoms with van der Waals surface area (Å²) < 4.78 is 28.3. The number of nitrogen functional groups attached to an aromatic ring is 1. The molecule has 1 heterocycles. The smallest absolute Gasteiger partial charge is 0.244 e. The van der Waals surface area contributed by atoms with E-state index in [9.17, 15) is 8.42 Å². The van der Waals surface area contributed by atoms with Gasteiger partial charge in [0.2, 0.25) is 10.0 Å². The maximum absolute atomic E-state index is 12.4. The second-order valence-electron chi connectivity index (χ2n) is 5.37. The topological polar surface area (TPSA) is 85.1 Å². The standard InChI is InChI=1S/C13H20BrN3O2S/c1-3-9-4-5-11(8(9)2)17-20(18,19)12-6-10(14)7-16-13(12)15/h6-9,11,17H,3-5H2,1-2H3,(H2,15,16). The van der Waals surface area contributed by atoms with Gasteiger partial charge >= 0.3 is 0 Å². The Kier molecular flexibility index (Phi) is 4.71. The van der Waals surface area contributed by atoms with Crippen LogP contribution in [0, 0.1) is 11.8 Å². The first kappa shape index (κ1) is 15.7. The Bertz CT molecular complexity index is 591. The second-order valence-corrected chi connectivity index (χ2v) is 7.97. The minimum atomic E-state index is -3.63. The molecular formula is C13H20BrN3O2S. The fourth-order valence-corrected chi connectivity index (χ4v) is 4.85. The molecule has 3 N–H and O–H groups in total. The van der Waals surface area contributed by atoms with E-state index in [1.54, 1.807) is 0 Å². The maximum Gasteiger partial charge on any atom is 0.244 e. The first-order valence-corrected chi connectivity index (χ1v) is 9.06. The largest absolute Gasteiger partial charge is 0.383 e. The Balaban J connectivity index is 2.22. The van der Waals surface area contributed by atoms with E-state index in [2.05, 4.69) is 39.5 Å². The second kappa shape index (κ2) is 5.99. The van der Waals surface area contributed by atoms with Crippen molar-refractivity contribution < 1.29 is 8.42 Å². The molecule has 3 atom stereocenters. The number of anilines is 1. The van der Waals surface area contributed by atoms with E-state index in [0.717, 1.165) is 19.3 Å². The van der Waals surface area contributed by atoms with Crippen LogP contribution >= 0.6 is 15.9 Å². The van der Waals surface area contributed by atoms with Gasteiger partial charge < -0.3 is 5.73 Å². The molecule has 1 aromatic heterocycles. The summed E-state index contributed by atoms with van der Waals surface area (Å²) in [6.07, 6.45) is 4.51. The predicted molar refractivity (Wildman–Crippen MR) is 82.6 cm³/mol. The number of halogens is 1. The molecule has 1 aliphatic carbocycles. The maximum atomic E-state index is 12.4. The monoisotopic (exact) mass is 361 g/mol. The quantitative estimate of drug-likeness (QED) is 0.862. The summed E-state index contributed by atoms with van der Waals surface area (Å²) in [5.41, 5.74) is 5.69. The zero-order chi connectivity index (χ0) is 14.9. The van der Waals surface area contributed by atoms with Crippen molar-refractivity contribution in [3.63, 3.8) is 0 Å². The molecule has 0 bridgehead atoms. The number of nitrogens with two attached hydrogens (primary N) is 1. The number of pyridine rings is 1.